The van der Waals surface area contributed by atoms with Crippen LogP contribution >= 0.6 is 0 Å². The van der Waals surface area contributed by atoms with Crippen molar-refractivity contribution in [1.29, 1.82) is 0 Å². The van der Waals surface area contributed by atoms with Gasteiger partial charge in [0.15, 0.2) is 0 Å². The van der Waals surface area contributed by atoms with Crippen molar-refractivity contribution in [3.8, 4) is 11.5 Å². The Balaban J connectivity index is 1.67. The number of hydrogen-bond donors (Lipinski definition) is 0. The van der Waals surface area contributed by atoms with Crippen molar-refractivity contribution in [2.24, 2.45) is 5.92 Å². The lowest BCUT2D eigenvalue weighted by molar-refractivity contribution is -0.913. The average molecular weight is 577 g/mol. The number of esters is 2. The van der Waals surface area contributed by atoms with E-state index in [1.807, 2.05) is 54.6 Å². The van der Waals surface area contributed by atoms with Crippen molar-refractivity contribution in [2.75, 3.05) is 48.0 Å². The maximum Gasteiger partial charge on any atom is 0.306 e. The fourth-order valence-corrected chi connectivity index (χ4v) is 5.38. The van der Waals surface area contributed by atoms with E-state index in [1.54, 1.807) is 14.2 Å². The quantitative estimate of drug-likeness (QED) is 0.136. The van der Waals surface area contributed by atoms with E-state index in [0.717, 1.165) is 60.3 Å². The molecule has 7 heteroatoms. The number of nitrogens with zero attached hydrogens (tertiary/aromatic N) is 1. The van der Waals surface area contributed by atoms with E-state index < -0.39 is 0 Å². The van der Waals surface area contributed by atoms with Gasteiger partial charge in [-0.2, -0.15) is 0 Å². The van der Waals surface area contributed by atoms with Gasteiger partial charge < -0.3 is 23.4 Å². The summed E-state index contributed by atoms with van der Waals surface area (Å²) in [5, 5.41) is 0. The van der Waals surface area contributed by atoms with Crippen molar-refractivity contribution in [3.05, 3.63) is 95.6 Å². The van der Waals surface area contributed by atoms with Crippen LogP contribution in [0.3, 0.4) is 0 Å². The van der Waals surface area contributed by atoms with Gasteiger partial charge in [0, 0.05) is 18.8 Å². The summed E-state index contributed by atoms with van der Waals surface area (Å²) in [4.78, 5) is 25.3. The molecule has 0 spiro atoms. The Bertz CT molecular complexity index is 1160. The number of quaternary nitrogens is 1. The third kappa shape index (κ3) is 11.6. The predicted molar refractivity (Wildman–Crippen MR) is 164 cm³/mol. The fraction of sp³-hybridized carbons (Fsp3) is 0.429. The van der Waals surface area contributed by atoms with Crippen LogP contribution in [0.25, 0.3) is 0 Å². The van der Waals surface area contributed by atoms with Crippen LogP contribution < -0.4 is 9.47 Å². The number of rotatable bonds is 18. The summed E-state index contributed by atoms with van der Waals surface area (Å²) in [5.74, 6) is 0.910. The zero-order chi connectivity index (χ0) is 30.2. The molecule has 1 atom stereocenters. The lowest BCUT2D eigenvalue weighted by Gasteiger charge is -2.37. The van der Waals surface area contributed by atoms with Crippen LogP contribution in [0.1, 0.15) is 42.4 Å². The first-order valence-corrected chi connectivity index (χ1v) is 14.7. The molecule has 226 valence electrons. The van der Waals surface area contributed by atoms with Crippen LogP contribution in [-0.4, -0.2) is 64.4 Å². The SMILES string of the molecule is COC(=O)C[C@H](CC(=O)OCc1ccccc1)C[N+](C)(CCCc1ccc(OC)cc1)CCCc1ccc(OC)cc1. The van der Waals surface area contributed by atoms with Gasteiger partial charge in [-0.1, -0.05) is 54.6 Å². The number of carbonyl (C=O) groups is 2. The minimum absolute atomic E-state index is 0.173. The van der Waals surface area contributed by atoms with Crippen molar-refractivity contribution < 1.29 is 33.0 Å². The van der Waals surface area contributed by atoms with Gasteiger partial charge >= 0.3 is 11.9 Å². The number of aryl methyl sites for hydroxylation is 2. The van der Waals surface area contributed by atoms with E-state index in [4.69, 9.17) is 18.9 Å². The maximum absolute atomic E-state index is 12.9. The van der Waals surface area contributed by atoms with Gasteiger partial charge in [0.05, 0.1) is 60.9 Å². The molecule has 0 aliphatic heterocycles. The largest absolute Gasteiger partial charge is 0.497 e. The lowest BCUT2D eigenvalue weighted by Crippen LogP contribution is -2.49. The van der Waals surface area contributed by atoms with E-state index in [9.17, 15) is 9.59 Å². The second kappa shape index (κ2) is 17.2. The molecular weight excluding hydrogens is 530 g/mol. The standard InChI is InChI=1S/C35H46NO6/c1-36(22-8-12-28-14-18-32(39-2)19-15-28,23-9-13-29-16-20-33(40-3)21-17-29)26-31(24-34(37)41-4)25-35(38)42-27-30-10-6-5-7-11-30/h5-7,10-11,14-21,31H,8-9,12-13,22-27H2,1-4H3/q+1/t31-/m1/s1. The molecule has 3 aromatic carbocycles. The first-order chi connectivity index (χ1) is 20.3. The number of hydrogen-bond acceptors (Lipinski definition) is 6. The van der Waals surface area contributed by atoms with Gasteiger partial charge in [0.25, 0.3) is 0 Å². The lowest BCUT2D eigenvalue weighted by atomic mass is 9.98. The molecule has 0 aliphatic rings. The van der Waals surface area contributed by atoms with Gasteiger partial charge in [-0.15, -0.1) is 0 Å². The van der Waals surface area contributed by atoms with Crippen LogP contribution in [0.5, 0.6) is 11.5 Å². The van der Waals surface area contributed by atoms with E-state index in [0.29, 0.717) is 6.54 Å². The summed E-state index contributed by atoms with van der Waals surface area (Å²) in [6.07, 6.45) is 4.20. The fourth-order valence-electron chi connectivity index (χ4n) is 5.38. The normalized spacial score (nSPS) is 11.9. The summed E-state index contributed by atoms with van der Waals surface area (Å²) in [6.45, 7) is 2.75. The molecule has 0 amide bonds. The zero-order valence-corrected chi connectivity index (χ0v) is 25.6. The van der Waals surface area contributed by atoms with Gasteiger partial charge in [0.2, 0.25) is 0 Å². The molecule has 0 aromatic heterocycles. The highest BCUT2D eigenvalue weighted by atomic mass is 16.5. The highest BCUT2D eigenvalue weighted by Crippen LogP contribution is 2.22. The smallest absolute Gasteiger partial charge is 0.306 e. The number of benzene rings is 3. The van der Waals surface area contributed by atoms with Gasteiger partial charge in [-0.05, 0) is 53.8 Å². The van der Waals surface area contributed by atoms with Crippen LogP contribution in [0, 0.1) is 5.92 Å². The number of ether oxygens (including phenoxy) is 4. The summed E-state index contributed by atoms with van der Waals surface area (Å²) in [6, 6.07) is 26.0. The second-order valence-electron chi connectivity index (χ2n) is 11.1. The summed E-state index contributed by atoms with van der Waals surface area (Å²) < 4.78 is 21.9. The molecule has 3 aromatic rings. The molecule has 0 saturated heterocycles. The molecule has 7 nitrogen and oxygen atoms in total. The molecule has 42 heavy (non-hydrogen) atoms. The Morgan fingerprint density at radius 1 is 0.667 bits per heavy atom. The molecule has 0 unspecified atom stereocenters. The van der Waals surface area contributed by atoms with Crippen LogP contribution in [-0.2, 0) is 38.5 Å². The van der Waals surface area contributed by atoms with Gasteiger partial charge in [0.1, 0.15) is 18.1 Å². The van der Waals surface area contributed by atoms with E-state index in [-0.39, 0.29) is 37.3 Å². The van der Waals surface area contributed by atoms with Crippen LogP contribution in [0.4, 0.5) is 0 Å². The first kappa shape index (κ1) is 32.7. The predicted octanol–water partition coefficient (Wildman–Crippen LogP) is 6.03. The molecule has 0 radical (unpaired) electrons. The third-order valence-electron chi connectivity index (χ3n) is 7.72. The van der Waals surface area contributed by atoms with E-state index in [1.165, 1.54) is 18.2 Å². The van der Waals surface area contributed by atoms with Crippen molar-refractivity contribution in [3.63, 3.8) is 0 Å². The van der Waals surface area contributed by atoms with Crippen molar-refractivity contribution in [1.82, 2.24) is 0 Å². The van der Waals surface area contributed by atoms with Crippen LogP contribution in [0.15, 0.2) is 78.9 Å². The number of methoxy groups -OCH3 is 3. The Kier molecular flexibility index (Phi) is 13.4. The highest BCUT2D eigenvalue weighted by Gasteiger charge is 2.30. The molecule has 0 bridgehead atoms. The minimum atomic E-state index is -0.307. The molecule has 0 aliphatic carbocycles. The molecule has 0 heterocycles. The van der Waals surface area contributed by atoms with E-state index >= 15 is 0 Å². The summed E-state index contributed by atoms with van der Waals surface area (Å²) in [7, 11) is 6.98. The summed E-state index contributed by atoms with van der Waals surface area (Å²) in [5.41, 5.74) is 3.46. The molecule has 3 rings (SSSR count). The van der Waals surface area contributed by atoms with Gasteiger partial charge in [-0.3, -0.25) is 9.59 Å². The topological polar surface area (TPSA) is 71.1 Å². The Hall–Kier alpha value is -3.84. The Labute approximate surface area is 250 Å². The van der Waals surface area contributed by atoms with Crippen molar-refractivity contribution in [2.45, 2.75) is 45.1 Å². The maximum atomic E-state index is 12.9. The third-order valence-corrected chi connectivity index (χ3v) is 7.72. The zero-order valence-electron chi connectivity index (χ0n) is 25.6. The molecule has 0 fully saturated rings. The average Bonchev–Trinajstić information content (AvgIpc) is 3.01. The first-order valence-electron chi connectivity index (χ1n) is 14.7. The van der Waals surface area contributed by atoms with Gasteiger partial charge in [-0.25, -0.2) is 0 Å². The molecular formula is C35H46NO6+. The molecule has 0 N–H and O–H groups in total. The molecule has 0 saturated carbocycles. The second-order valence-corrected chi connectivity index (χ2v) is 11.1. The number of carbonyl (C=O) groups excluding carboxylic acids is 2. The Morgan fingerprint density at radius 3 is 1.64 bits per heavy atom. The minimum Gasteiger partial charge on any atom is -0.497 e. The monoisotopic (exact) mass is 576 g/mol. The van der Waals surface area contributed by atoms with Crippen LogP contribution in [0.2, 0.25) is 0 Å². The van der Waals surface area contributed by atoms with E-state index in [2.05, 4.69) is 31.3 Å². The van der Waals surface area contributed by atoms with Crippen molar-refractivity contribution >= 4 is 11.9 Å². The summed E-state index contributed by atoms with van der Waals surface area (Å²) >= 11 is 0. The highest BCUT2D eigenvalue weighted by molar-refractivity contribution is 5.73. The Morgan fingerprint density at radius 2 is 1.17 bits per heavy atom.